The molecule has 2 aromatic carbocycles. The maximum atomic E-state index is 13.6. The highest BCUT2D eigenvalue weighted by Crippen LogP contribution is 2.47. The SMILES string of the molecule is CC1=NC2=C(C(=O)C[C@@H](c3ccc(Cl)cc3)C2)[C@H](c2ccc(Cl)cc2)C1C(=O)OC1CCCC1. The molecular formula is C28H27Cl2NO3. The van der Waals surface area contributed by atoms with Gasteiger partial charge in [0.2, 0.25) is 0 Å². The van der Waals surface area contributed by atoms with Crippen LogP contribution in [0, 0.1) is 5.92 Å². The minimum absolute atomic E-state index is 0.0351. The predicted molar refractivity (Wildman–Crippen MR) is 135 cm³/mol. The Morgan fingerprint density at radius 1 is 0.912 bits per heavy atom. The molecule has 1 saturated carbocycles. The highest BCUT2D eigenvalue weighted by atomic mass is 35.5. The molecule has 3 atom stereocenters. The van der Waals surface area contributed by atoms with Crippen molar-refractivity contribution in [1.29, 1.82) is 0 Å². The number of benzene rings is 2. The minimum Gasteiger partial charge on any atom is -0.462 e. The molecule has 5 rings (SSSR count). The molecule has 0 radical (unpaired) electrons. The van der Waals surface area contributed by atoms with Crippen LogP contribution in [0.2, 0.25) is 10.0 Å². The van der Waals surface area contributed by atoms with E-state index in [4.69, 9.17) is 32.9 Å². The Hall–Kier alpha value is -2.43. The summed E-state index contributed by atoms with van der Waals surface area (Å²) in [6, 6.07) is 15.1. The van der Waals surface area contributed by atoms with Gasteiger partial charge in [-0.05, 0) is 80.3 Å². The smallest absolute Gasteiger partial charge is 0.315 e. The molecule has 2 aliphatic carbocycles. The minimum atomic E-state index is -0.614. The van der Waals surface area contributed by atoms with Crippen molar-refractivity contribution in [3.05, 3.63) is 81.0 Å². The van der Waals surface area contributed by atoms with Crippen LogP contribution in [0.5, 0.6) is 0 Å². The maximum Gasteiger partial charge on any atom is 0.315 e. The van der Waals surface area contributed by atoms with E-state index in [1.54, 1.807) is 12.1 Å². The van der Waals surface area contributed by atoms with Crippen molar-refractivity contribution in [2.45, 2.75) is 63.4 Å². The Morgan fingerprint density at radius 3 is 2.12 bits per heavy atom. The lowest BCUT2D eigenvalue weighted by Gasteiger charge is -2.37. The number of rotatable bonds is 4. The monoisotopic (exact) mass is 495 g/mol. The van der Waals surface area contributed by atoms with Gasteiger partial charge in [-0.15, -0.1) is 0 Å². The van der Waals surface area contributed by atoms with Crippen LogP contribution in [-0.4, -0.2) is 23.6 Å². The number of carbonyl (C=O) groups excluding carboxylic acids is 2. The van der Waals surface area contributed by atoms with Crippen LogP contribution < -0.4 is 0 Å². The fraction of sp³-hybridized carbons (Fsp3) is 0.393. The number of hydrogen-bond acceptors (Lipinski definition) is 4. The van der Waals surface area contributed by atoms with Crippen LogP contribution >= 0.6 is 23.2 Å². The van der Waals surface area contributed by atoms with Crippen molar-refractivity contribution < 1.29 is 14.3 Å². The lowest BCUT2D eigenvalue weighted by Crippen LogP contribution is -2.39. The van der Waals surface area contributed by atoms with Crippen LogP contribution in [0.25, 0.3) is 0 Å². The molecule has 3 aliphatic rings. The molecule has 1 fully saturated rings. The Kier molecular flexibility index (Phi) is 6.63. The summed E-state index contributed by atoms with van der Waals surface area (Å²) in [6.45, 7) is 1.88. The topological polar surface area (TPSA) is 55.7 Å². The summed E-state index contributed by atoms with van der Waals surface area (Å²) in [7, 11) is 0. The molecule has 1 heterocycles. The number of esters is 1. The number of ether oxygens (including phenoxy) is 1. The van der Waals surface area contributed by atoms with E-state index < -0.39 is 11.8 Å². The Balaban J connectivity index is 1.53. The summed E-state index contributed by atoms with van der Waals surface area (Å²) >= 11 is 12.2. The summed E-state index contributed by atoms with van der Waals surface area (Å²) in [5, 5.41) is 1.28. The van der Waals surface area contributed by atoms with Gasteiger partial charge in [-0.3, -0.25) is 14.6 Å². The van der Waals surface area contributed by atoms with Gasteiger partial charge < -0.3 is 4.74 Å². The molecule has 4 nitrogen and oxygen atoms in total. The van der Waals surface area contributed by atoms with Gasteiger partial charge in [-0.2, -0.15) is 0 Å². The molecule has 2 aromatic rings. The van der Waals surface area contributed by atoms with Crippen molar-refractivity contribution in [1.82, 2.24) is 0 Å². The first-order valence-corrected chi connectivity index (χ1v) is 12.7. The lowest BCUT2D eigenvalue weighted by atomic mass is 9.69. The highest BCUT2D eigenvalue weighted by Gasteiger charge is 2.45. The van der Waals surface area contributed by atoms with E-state index >= 15 is 0 Å². The molecule has 0 N–H and O–H groups in total. The fourth-order valence-electron chi connectivity index (χ4n) is 5.61. The molecule has 0 saturated heterocycles. The lowest BCUT2D eigenvalue weighted by molar-refractivity contribution is -0.151. The van der Waals surface area contributed by atoms with E-state index in [2.05, 4.69) is 0 Å². The van der Waals surface area contributed by atoms with Gasteiger partial charge in [0, 0.05) is 39.4 Å². The Labute approximate surface area is 210 Å². The van der Waals surface area contributed by atoms with Gasteiger partial charge in [0.15, 0.2) is 5.78 Å². The van der Waals surface area contributed by atoms with Crippen LogP contribution in [-0.2, 0) is 14.3 Å². The van der Waals surface area contributed by atoms with Crippen molar-refractivity contribution in [2.75, 3.05) is 0 Å². The zero-order chi connectivity index (χ0) is 23.8. The van der Waals surface area contributed by atoms with Crippen molar-refractivity contribution >= 4 is 40.7 Å². The third-order valence-electron chi connectivity index (χ3n) is 7.30. The van der Waals surface area contributed by atoms with Gasteiger partial charge in [-0.25, -0.2) is 0 Å². The molecule has 0 amide bonds. The van der Waals surface area contributed by atoms with E-state index in [-0.39, 0.29) is 23.8 Å². The largest absolute Gasteiger partial charge is 0.462 e. The molecular weight excluding hydrogens is 469 g/mol. The van der Waals surface area contributed by atoms with E-state index in [1.165, 1.54) is 0 Å². The fourth-order valence-corrected chi connectivity index (χ4v) is 5.86. The normalized spacial score (nSPS) is 25.2. The quantitative estimate of drug-likeness (QED) is 0.426. The van der Waals surface area contributed by atoms with Crippen LogP contribution in [0.15, 0.2) is 64.8 Å². The van der Waals surface area contributed by atoms with Gasteiger partial charge >= 0.3 is 5.97 Å². The number of halogens is 2. The number of aliphatic imine (C=N–C) groups is 1. The highest BCUT2D eigenvalue weighted by molar-refractivity contribution is 6.30. The average molecular weight is 496 g/mol. The molecule has 0 bridgehead atoms. The third-order valence-corrected chi connectivity index (χ3v) is 7.80. The Morgan fingerprint density at radius 2 is 1.50 bits per heavy atom. The van der Waals surface area contributed by atoms with E-state index in [1.807, 2.05) is 43.3 Å². The van der Waals surface area contributed by atoms with E-state index in [0.29, 0.717) is 34.2 Å². The molecule has 34 heavy (non-hydrogen) atoms. The summed E-state index contributed by atoms with van der Waals surface area (Å²) in [5.74, 6) is -1.25. The number of carbonyl (C=O) groups is 2. The maximum absolute atomic E-state index is 13.6. The van der Waals surface area contributed by atoms with Gasteiger partial charge in [0.25, 0.3) is 0 Å². The Bertz CT molecular complexity index is 1160. The second-order valence-electron chi connectivity index (χ2n) is 9.54. The van der Waals surface area contributed by atoms with Crippen LogP contribution in [0.1, 0.15) is 68.4 Å². The summed E-state index contributed by atoms with van der Waals surface area (Å²) in [5.41, 5.74) is 4.08. The van der Waals surface area contributed by atoms with Gasteiger partial charge in [-0.1, -0.05) is 47.5 Å². The first-order chi connectivity index (χ1) is 16.4. The summed E-state index contributed by atoms with van der Waals surface area (Å²) < 4.78 is 5.92. The van der Waals surface area contributed by atoms with Crippen LogP contribution in [0.4, 0.5) is 0 Å². The molecule has 1 unspecified atom stereocenters. The predicted octanol–water partition coefficient (Wildman–Crippen LogP) is 7.05. The number of ketones is 1. The second-order valence-corrected chi connectivity index (χ2v) is 10.4. The molecule has 176 valence electrons. The number of nitrogens with zero attached hydrogens (tertiary/aromatic N) is 1. The van der Waals surface area contributed by atoms with E-state index in [9.17, 15) is 9.59 Å². The van der Waals surface area contributed by atoms with Crippen molar-refractivity contribution in [2.24, 2.45) is 10.9 Å². The number of allylic oxidation sites excluding steroid dienone is 2. The zero-order valence-corrected chi connectivity index (χ0v) is 20.6. The molecule has 1 aliphatic heterocycles. The van der Waals surface area contributed by atoms with Gasteiger partial charge in [0.1, 0.15) is 12.0 Å². The first-order valence-electron chi connectivity index (χ1n) is 11.9. The zero-order valence-electron chi connectivity index (χ0n) is 19.1. The van der Waals surface area contributed by atoms with Crippen molar-refractivity contribution in [3.63, 3.8) is 0 Å². The van der Waals surface area contributed by atoms with Crippen molar-refractivity contribution in [3.8, 4) is 0 Å². The number of Topliss-reactive ketones (excluding diaryl/α,β-unsaturated/α-hetero) is 1. The van der Waals surface area contributed by atoms with E-state index in [0.717, 1.165) is 42.5 Å². The number of hydrogen-bond donors (Lipinski definition) is 0. The standard InChI is InChI=1S/C28H27Cl2NO3/c1-16-25(28(33)34-22-4-2-3-5-22)26(18-8-12-21(30)13-9-18)27-23(31-16)14-19(15-24(27)32)17-6-10-20(29)11-7-17/h6-13,19,22,25-26H,2-5,14-15H2,1H3/t19-,25?,26+/m0/s1. The molecule has 0 aromatic heterocycles. The summed E-state index contributed by atoms with van der Waals surface area (Å²) in [6.07, 6.45) is 4.94. The molecule has 0 spiro atoms. The second kappa shape index (κ2) is 9.67. The van der Waals surface area contributed by atoms with Crippen LogP contribution in [0.3, 0.4) is 0 Å². The van der Waals surface area contributed by atoms with Gasteiger partial charge in [0.05, 0.1) is 0 Å². The average Bonchev–Trinajstić information content (AvgIpc) is 3.32. The first kappa shape index (κ1) is 23.3. The third kappa shape index (κ3) is 4.58. The summed E-state index contributed by atoms with van der Waals surface area (Å²) in [4.78, 5) is 31.9. The molecule has 6 heteroatoms.